The summed E-state index contributed by atoms with van der Waals surface area (Å²) >= 11 is 0. The van der Waals surface area contributed by atoms with Gasteiger partial charge in [-0.25, -0.2) is 4.98 Å². The van der Waals surface area contributed by atoms with Gasteiger partial charge in [-0.2, -0.15) is 0 Å². The molecule has 3 aromatic rings. The molecule has 0 unspecified atom stereocenters. The smallest absolute Gasteiger partial charge is 0.243 e. The molecule has 2 aromatic carbocycles. The van der Waals surface area contributed by atoms with Crippen LogP contribution in [0.15, 0.2) is 54.6 Å². The Hall–Kier alpha value is -2.66. The number of hydrogen-bond donors (Lipinski definition) is 0. The summed E-state index contributed by atoms with van der Waals surface area (Å²) in [5.41, 5.74) is 2.96. The first kappa shape index (κ1) is 18.1. The molecule has 5 nitrogen and oxygen atoms in total. The number of nitrogens with zero attached hydrogens (tertiary/aromatic N) is 3. The fourth-order valence-electron chi connectivity index (χ4n) is 3.11. The maximum Gasteiger partial charge on any atom is 0.243 e. The van der Waals surface area contributed by atoms with E-state index in [1.807, 2.05) is 77.9 Å². The first-order valence-corrected chi connectivity index (χ1v) is 8.86. The van der Waals surface area contributed by atoms with Crippen molar-refractivity contribution in [2.45, 2.75) is 39.6 Å². The van der Waals surface area contributed by atoms with Gasteiger partial charge < -0.3 is 14.2 Å². The molecule has 136 valence electrons. The lowest BCUT2D eigenvalue weighted by atomic mass is 10.2. The van der Waals surface area contributed by atoms with Crippen LogP contribution in [-0.4, -0.2) is 33.5 Å². The summed E-state index contributed by atoms with van der Waals surface area (Å²) in [6.07, 6.45) is 0. The normalized spacial score (nSPS) is 11.2. The summed E-state index contributed by atoms with van der Waals surface area (Å²) in [5, 5.41) is 0. The highest BCUT2D eigenvalue weighted by atomic mass is 16.5. The molecule has 0 atom stereocenters. The first-order chi connectivity index (χ1) is 12.6. The largest absolute Gasteiger partial charge is 0.377 e. The zero-order valence-corrected chi connectivity index (χ0v) is 15.6. The van der Waals surface area contributed by atoms with E-state index in [-0.39, 0.29) is 18.5 Å². The van der Waals surface area contributed by atoms with Gasteiger partial charge in [0.15, 0.2) is 0 Å². The lowest BCUT2D eigenvalue weighted by Crippen LogP contribution is -2.38. The Balaban J connectivity index is 1.87. The van der Waals surface area contributed by atoms with E-state index >= 15 is 0 Å². The molecule has 0 aliphatic heterocycles. The summed E-state index contributed by atoms with van der Waals surface area (Å²) in [4.78, 5) is 19.6. The molecule has 0 fully saturated rings. The highest BCUT2D eigenvalue weighted by Crippen LogP contribution is 2.18. The summed E-state index contributed by atoms with van der Waals surface area (Å²) in [6.45, 7) is 5.32. The van der Waals surface area contributed by atoms with E-state index in [0.29, 0.717) is 13.2 Å². The number of aromatic nitrogens is 2. The van der Waals surface area contributed by atoms with Crippen LogP contribution >= 0.6 is 0 Å². The minimum absolute atomic E-state index is 0.0735. The Morgan fingerprint density at radius 1 is 1.12 bits per heavy atom. The second-order valence-electron chi connectivity index (χ2n) is 6.64. The van der Waals surface area contributed by atoms with E-state index in [4.69, 9.17) is 4.74 Å². The number of benzene rings is 2. The average Bonchev–Trinajstić information content (AvgIpc) is 2.98. The molecule has 1 heterocycles. The standard InChI is InChI=1S/C21H25N3O2/c1-16(2)23(13-17-9-5-4-6-10-17)21(25)14-24-19-12-8-7-11-18(19)22-20(24)15-26-3/h4-12,16H,13-15H2,1-3H3. The van der Waals surface area contributed by atoms with Crippen molar-refractivity contribution in [3.8, 4) is 0 Å². The lowest BCUT2D eigenvalue weighted by Gasteiger charge is -2.27. The minimum atomic E-state index is 0.0735. The number of amides is 1. The summed E-state index contributed by atoms with van der Waals surface area (Å²) < 4.78 is 7.23. The van der Waals surface area contributed by atoms with E-state index < -0.39 is 0 Å². The number of rotatable bonds is 7. The molecule has 0 N–H and O–H groups in total. The van der Waals surface area contributed by atoms with Gasteiger partial charge in [-0.05, 0) is 31.5 Å². The van der Waals surface area contributed by atoms with Crippen molar-refractivity contribution < 1.29 is 9.53 Å². The molecule has 0 aliphatic rings. The van der Waals surface area contributed by atoms with Gasteiger partial charge in [0.05, 0.1) is 11.0 Å². The molecule has 0 spiro atoms. The molecule has 1 amide bonds. The van der Waals surface area contributed by atoms with E-state index in [1.165, 1.54) is 0 Å². The Kier molecular flexibility index (Phi) is 5.68. The third-order valence-electron chi connectivity index (χ3n) is 4.44. The monoisotopic (exact) mass is 351 g/mol. The van der Waals surface area contributed by atoms with E-state index in [2.05, 4.69) is 4.98 Å². The average molecular weight is 351 g/mol. The fraction of sp³-hybridized carbons (Fsp3) is 0.333. The Morgan fingerprint density at radius 2 is 1.81 bits per heavy atom. The molecule has 0 aliphatic carbocycles. The number of hydrogen-bond acceptors (Lipinski definition) is 3. The predicted molar refractivity (Wildman–Crippen MR) is 103 cm³/mol. The Morgan fingerprint density at radius 3 is 2.50 bits per heavy atom. The van der Waals surface area contributed by atoms with Crippen LogP contribution in [0, 0.1) is 0 Å². The molecule has 0 bridgehead atoms. The van der Waals surface area contributed by atoms with Crippen LogP contribution in [0.3, 0.4) is 0 Å². The quantitative estimate of drug-likeness (QED) is 0.653. The maximum absolute atomic E-state index is 13.1. The molecule has 0 saturated carbocycles. The maximum atomic E-state index is 13.1. The zero-order valence-electron chi connectivity index (χ0n) is 15.6. The Labute approximate surface area is 154 Å². The number of imidazole rings is 1. The Bertz CT molecular complexity index is 871. The fourth-order valence-corrected chi connectivity index (χ4v) is 3.11. The number of para-hydroxylation sites is 2. The van der Waals surface area contributed by atoms with Crippen molar-refractivity contribution >= 4 is 16.9 Å². The third kappa shape index (κ3) is 3.94. The van der Waals surface area contributed by atoms with Gasteiger partial charge in [0.2, 0.25) is 5.91 Å². The van der Waals surface area contributed by atoms with Crippen LogP contribution in [0.25, 0.3) is 11.0 Å². The van der Waals surface area contributed by atoms with Gasteiger partial charge in [0.1, 0.15) is 19.0 Å². The topological polar surface area (TPSA) is 47.4 Å². The first-order valence-electron chi connectivity index (χ1n) is 8.86. The van der Waals surface area contributed by atoms with Crippen LogP contribution in [0.1, 0.15) is 25.2 Å². The van der Waals surface area contributed by atoms with Crippen LogP contribution in [0.2, 0.25) is 0 Å². The summed E-state index contributed by atoms with van der Waals surface area (Å²) in [5.74, 6) is 0.842. The lowest BCUT2D eigenvalue weighted by molar-refractivity contribution is -0.134. The number of carbonyl (C=O) groups excluding carboxylic acids is 1. The van der Waals surface area contributed by atoms with Crippen molar-refractivity contribution in [3.05, 3.63) is 66.0 Å². The van der Waals surface area contributed by atoms with Crippen molar-refractivity contribution in [1.82, 2.24) is 14.5 Å². The summed E-state index contributed by atoms with van der Waals surface area (Å²) in [7, 11) is 1.64. The molecular formula is C21H25N3O2. The van der Waals surface area contributed by atoms with Crippen molar-refractivity contribution in [1.29, 1.82) is 0 Å². The van der Waals surface area contributed by atoms with E-state index in [0.717, 1.165) is 22.4 Å². The zero-order chi connectivity index (χ0) is 18.5. The van der Waals surface area contributed by atoms with Gasteiger partial charge in [-0.1, -0.05) is 42.5 Å². The predicted octanol–water partition coefficient (Wildman–Crippen LogP) is 3.62. The van der Waals surface area contributed by atoms with Crippen LogP contribution < -0.4 is 0 Å². The summed E-state index contributed by atoms with van der Waals surface area (Å²) in [6, 6.07) is 18.1. The molecule has 0 radical (unpaired) electrons. The molecular weight excluding hydrogens is 326 g/mol. The van der Waals surface area contributed by atoms with Gasteiger partial charge >= 0.3 is 0 Å². The molecule has 1 aromatic heterocycles. The van der Waals surface area contributed by atoms with Crippen LogP contribution in [0.5, 0.6) is 0 Å². The second kappa shape index (κ2) is 8.15. The molecule has 0 saturated heterocycles. The van der Waals surface area contributed by atoms with Gasteiger partial charge in [-0.3, -0.25) is 4.79 Å². The second-order valence-corrected chi connectivity index (χ2v) is 6.64. The SMILES string of the molecule is COCc1nc2ccccc2n1CC(=O)N(Cc1ccccc1)C(C)C. The van der Waals surface area contributed by atoms with Gasteiger partial charge in [0, 0.05) is 19.7 Å². The van der Waals surface area contributed by atoms with E-state index in [9.17, 15) is 4.79 Å². The highest BCUT2D eigenvalue weighted by Gasteiger charge is 2.20. The molecule has 26 heavy (non-hydrogen) atoms. The number of carbonyl (C=O) groups is 1. The van der Waals surface area contributed by atoms with Gasteiger partial charge in [-0.15, -0.1) is 0 Å². The third-order valence-corrected chi connectivity index (χ3v) is 4.44. The van der Waals surface area contributed by atoms with Crippen molar-refractivity contribution in [2.75, 3.05) is 7.11 Å². The van der Waals surface area contributed by atoms with Crippen LogP contribution in [0.4, 0.5) is 0 Å². The molecule has 5 heteroatoms. The van der Waals surface area contributed by atoms with Crippen molar-refractivity contribution in [3.63, 3.8) is 0 Å². The van der Waals surface area contributed by atoms with Crippen LogP contribution in [-0.2, 0) is 29.2 Å². The van der Waals surface area contributed by atoms with Gasteiger partial charge in [0.25, 0.3) is 0 Å². The minimum Gasteiger partial charge on any atom is -0.377 e. The number of fused-ring (bicyclic) bond motifs is 1. The van der Waals surface area contributed by atoms with Crippen molar-refractivity contribution in [2.24, 2.45) is 0 Å². The highest BCUT2D eigenvalue weighted by molar-refractivity contribution is 5.81. The number of methoxy groups -OCH3 is 1. The number of ether oxygens (including phenoxy) is 1. The molecule has 3 rings (SSSR count). The van der Waals surface area contributed by atoms with E-state index in [1.54, 1.807) is 7.11 Å².